The van der Waals surface area contributed by atoms with Crippen LogP contribution in [0.5, 0.6) is 0 Å². The van der Waals surface area contributed by atoms with Gasteiger partial charge in [0.1, 0.15) is 5.82 Å². The average molecular weight is 316 g/mol. The lowest BCUT2D eigenvalue weighted by Crippen LogP contribution is -2.14. The molecule has 1 aromatic carbocycles. The molecule has 0 aromatic heterocycles. The summed E-state index contributed by atoms with van der Waals surface area (Å²) in [6.45, 7) is 4.09. The largest absolute Gasteiger partial charge is 0.313 e. The maximum Gasteiger partial charge on any atom is 0.137 e. The van der Waals surface area contributed by atoms with Crippen molar-refractivity contribution < 1.29 is 4.39 Å². The van der Waals surface area contributed by atoms with E-state index in [4.69, 9.17) is 0 Å². The van der Waals surface area contributed by atoms with Crippen LogP contribution in [-0.4, -0.2) is 6.54 Å². The lowest BCUT2D eigenvalue weighted by molar-refractivity contribution is 0.571. The summed E-state index contributed by atoms with van der Waals surface area (Å²) in [6, 6.07) is 5.17. The summed E-state index contributed by atoms with van der Waals surface area (Å²) in [7, 11) is 0. The van der Waals surface area contributed by atoms with Gasteiger partial charge in [-0.25, -0.2) is 4.39 Å². The van der Waals surface area contributed by atoms with Gasteiger partial charge in [0, 0.05) is 6.54 Å². The maximum absolute atomic E-state index is 13.0. The fourth-order valence-electron chi connectivity index (χ4n) is 1.91. The van der Waals surface area contributed by atoms with E-state index < -0.39 is 0 Å². The van der Waals surface area contributed by atoms with Gasteiger partial charge in [-0.15, -0.1) is 0 Å². The highest BCUT2D eigenvalue weighted by Gasteiger charge is 1.99. The van der Waals surface area contributed by atoms with Crippen LogP contribution in [0.1, 0.15) is 51.0 Å². The molecular weight excluding hydrogens is 293 g/mol. The van der Waals surface area contributed by atoms with Crippen molar-refractivity contribution in [2.75, 3.05) is 6.54 Å². The number of rotatable bonds is 9. The summed E-state index contributed by atoms with van der Waals surface area (Å²) in [4.78, 5) is 0. The van der Waals surface area contributed by atoms with Crippen LogP contribution in [0.2, 0.25) is 0 Å². The Labute approximate surface area is 118 Å². The highest BCUT2D eigenvalue weighted by atomic mass is 79.9. The van der Waals surface area contributed by atoms with Crippen LogP contribution in [0.15, 0.2) is 22.7 Å². The van der Waals surface area contributed by atoms with E-state index in [2.05, 4.69) is 28.2 Å². The van der Waals surface area contributed by atoms with Crippen LogP contribution in [0.3, 0.4) is 0 Å². The van der Waals surface area contributed by atoms with Gasteiger partial charge in [0.2, 0.25) is 0 Å². The summed E-state index contributed by atoms with van der Waals surface area (Å²) >= 11 is 3.20. The zero-order valence-corrected chi connectivity index (χ0v) is 12.7. The molecule has 0 aliphatic carbocycles. The fourth-order valence-corrected chi connectivity index (χ4v) is 2.34. The zero-order chi connectivity index (χ0) is 13.2. The van der Waals surface area contributed by atoms with Crippen LogP contribution < -0.4 is 5.32 Å². The molecule has 102 valence electrons. The van der Waals surface area contributed by atoms with Gasteiger partial charge in [0.05, 0.1) is 4.47 Å². The molecule has 18 heavy (non-hydrogen) atoms. The second-order valence-corrected chi connectivity index (χ2v) is 5.55. The van der Waals surface area contributed by atoms with Crippen LogP contribution in [0, 0.1) is 5.82 Å². The van der Waals surface area contributed by atoms with E-state index in [9.17, 15) is 4.39 Å². The summed E-state index contributed by atoms with van der Waals surface area (Å²) in [5, 5.41) is 3.40. The van der Waals surface area contributed by atoms with E-state index >= 15 is 0 Å². The van der Waals surface area contributed by atoms with Crippen LogP contribution in [0.25, 0.3) is 0 Å². The Balaban J connectivity index is 2.05. The minimum Gasteiger partial charge on any atom is -0.313 e. The van der Waals surface area contributed by atoms with Gasteiger partial charge in [0.15, 0.2) is 0 Å². The highest BCUT2D eigenvalue weighted by molar-refractivity contribution is 9.10. The third-order valence-electron chi connectivity index (χ3n) is 3.02. The topological polar surface area (TPSA) is 12.0 Å². The molecule has 1 N–H and O–H groups in total. The van der Waals surface area contributed by atoms with Crippen LogP contribution in [-0.2, 0) is 6.54 Å². The van der Waals surface area contributed by atoms with Crippen molar-refractivity contribution in [2.45, 2.75) is 52.0 Å². The number of nitrogens with one attached hydrogen (secondary N) is 1. The molecule has 0 spiro atoms. The van der Waals surface area contributed by atoms with Gasteiger partial charge in [-0.05, 0) is 46.6 Å². The molecule has 0 unspecified atom stereocenters. The number of hydrogen-bond donors (Lipinski definition) is 1. The molecule has 1 rings (SSSR count). The Bertz CT molecular complexity index is 341. The van der Waals surface area contributed by atoms with Crippen molar-refractivity contribution in [2.24, 2.45) is 0 Å². The van der Waals surface area contributed by atoms with Crippen molar-refractivity contribution in [3.05, 3.63) is 34.1 Å². The first kappa shape index (κ1) is 15.6. The van der Waals surface area contributed by atoms with Crippen molar-refractivity contribution >= 4 is 15.9 Å². The van der Waals surface area contributed by atoms with Gasteiger partial charge < -0.3 is 5.32 Å². The Kier molecular flexibility index (Phi) is 8.27. The molecule has 0 aliphatic rings. The van der Waals surface area contributed by atoms with E-state index in [-0.39, 0.29) is 5.82 Å². The molecule has 0 atom stereocenters. The predicted molar refractivity (Wildman–Crippen MR) is 79.2 cm³/mol. The molecule has 0 saturated carbocycles. The lowest BCUT2D eigenvalue weighted by Gasteiger charge is -2.06. The molecule has 3 heteroatoms. The second kappa shape index (κ2) is 9.51. The van der Waals surface area contributed by atoms with E-state index in [1.165, 1.54) is 44.6 Å². The van der Waals surface area contributed by atoms with E-state index in [0.717, 1.165) is 18.7 Å². The Morgan fingerprint density at radius 1 is 1.11 bits per heavy atom. The summed E-state index contributed by atoms with van der Waals surface area (Å²) in [6.07, 6.45) is 7.90. The number of halogens is 2. The van der Waals surface area contributed by atoms with Crippen molar-refractivity contribution in [1.82, 2.24) is 5.32 Å². The molecule has 0 bridgehead atoms. The predicted octanol–water partition coefficient (Wildman–Crippen LogP) is 5.04. The first-order valence-electron chi connectivity index (χ1n) is 6.88. The normalized spacial score (nSPS) is 10.8. The molecule has 0 fully saturated rings. The standard InChI is InChI=1S/C15H23BrFN/c1-2-3-4-5-6-7-10-18-12-13-8-9-15(17)14(16)11-13/h8-9,11,18H,2-7,10,12H2,1H3. The van der Waals surface area contributed by atoms with E-state index in [1.807, 2.05) is 12.1 Å². The quantitative estimate of drug-likeness (QED) is 0.630. The molecule has 0 aliphatic heterocycles. The van der Waals surface area contributed by atoms with Crippen LogP contribution in [0.4, 0.5) is 4.39 Å². The molecule has 0 radical (unpaired) electrons. The van der Waals surface area contributed by atoms with E-state index in [0.29, 0.717) is 4.47 Å². The number of benzene rings is 1. The molecule has 1 nitrogen and oxygen atoms in total. The lowest BCUT2D eigenvalue weighted by atomic mass is 10.1. The van der Waals surface area contributed by atoms with Crippen LogP contribution >= 0.6 is 15.9 Å². The molecule has 0 amide bonds. The monoisotopic (exact) mass is 315 g/mol. The number of hydrogen-bond acceptors (Lipinski definition) is 1. The third kappa shape index (κ3) is 6.50. The highest BCUT2D eigenvalue weighted by Crippen LogP contribution is 2.16. The molecule has 1 aromatic rings. The number of unbranched alkanes of at least 4 members (excludes halogenated alkanes) is 5. The molecular formula is C15H23BrFN. The Morgan fingerprint density at radius 2 is 1.83 bits per heavy atom. The smallest absolute Gasteiger partial charge is 0.137 e. The van der Waals surface area contributed by atoms with Gasteiger partial charge in [-0.3, -0.25) is 0 Å². The Morgan fingerprint density at radius 3 is 2.56 bits per heavy atom. The van der Waals surface area contributed by atoms with Crippen molar-refractivity contribution in [3.8, 4) is 0 Å². The average Bonchev–Trinajstić information content (AvgIpc) is 2.37. The van der Waals surface area contributed by atoms with E-state index in [1.54, 1.807) is 0 Å². The Hall–Kier alpha value is -0.410. The van der Waals surface area contributed by atoms with Gasteiger partial charge in [0.25, 0.3) is 0 Å². The van der Waals surface area contributed by atoms with Gasteiger partial charge in [-0.2, -0.15) is 0 Å². The summed E-state index contributed by atoms with van der Waals surface area (Å²) in [5.74, 6) is -0.199. The minimum absolute atomic E-state index is 0.199. The zero-order valence-electron chi connectivity index (χ0n) is 11.1. The fraction of sp³-hybridized carbons (Fsp3) is 0.600. The second-order valence-electron chi connectivity index (χ2n) is 4.69. The minimum atomic E-state index is -0.199. The first-order chi connectivity index (χ1) is 8.74. The summed E-state index contributed by atoms with van der Waals surface area (Å²) in [5.41, 5.74) is 1.12. The summed E-state index contributed by atoms with van der Waals surface area (Å²) < 4.78 is 13.6. The van der Waals surface area contributed by atoms with Crippen molar-refractivity contribution in [1.29, 1.82) is 0 Å². The molecule has 0 heterocycles. The third-order valence-corrected chi connectivity index (χ3v) is 3.63. The van der Waals surface area contributed by atoms with Gasteiger partial charge in [-0.1, -0.05) is 45.1 Å². The maximum atomic E-state index is 13.0. The SMILES string of the molecule is CCCCCCCCNCc1ccc(F)c(Br)c1. The van der Waals surface area contributed by atoms with Gasteiger partial charge >= 0.3 is 0 Å². The first-order valence-corrected chi connectivity index (χ1v) is 7.68. The molecule has 0 saturated heterocycles. The van der Waals surface area contributed by atoms with Crippen molar-refractivity contribution in [3.63, 3.8) is 0 Å².